The van der Waals surface area contributed by atoms with E-state index in [9.17, 15) is 9.59 Å². The zero-order valence-corrected chi connectivity index (χ0v) is 17.2. The van der Waals surface area contributed by atoms with Gasteiger partial charge in [-0.2, -0.15) is 0 Å². The predicted octanol–water partition coefficient (Wildman–Crippen LogP) is 3.17. The summed E-state index contributed by atoms with van der Waals surface area (Å²) < 4.78 is 11.8. The molecule has 0 bridgehead atoms. The van der Waals surface area contributed by atoms with Gasteiger partial charge in [-0.3, -0.25) is 9.59 Å². The van der Waals surface area contributed by atoms with Crippen molar-refractivity contribution in [2.75, 3.05) is 27.3 Å². The molecule has 26 heavy (non-hydrogen) atoms. The smallest absolute Gasteiger partial charge is 0.262 e. The molecule has 2 aromatic rings. The number of likely N-dealkylation sites (N-methyl/N-ethyl adjacent to an activating group) is 1. The molecule has 1 N–H and O–H groups in total. The maximum Gasteiger partial charge on any atom is 0.262 e. The van der Waals surface area contributed by atoms with Gasteiger partial charge in [0.2, 0.25) is 5.91 Å². The van der Waals surface area contributed by atoms with Crippen LogP contribution in [0.3, 0.4) is 0 Å². The van der Waals surface area contributed by atoms with Crippen LogP contribution < -0.4 is 14.8 Å². The van der Waals surface area contributed by atoms with E-state index in [-0.39, 0.29) is 11.8 Å². The lowest BCUT2D eigenvalue weighted by molar-refractivity contribution is -0.131. The fourth-order valence-corrected chi connectivity index (χ4v) is 3.53. The number of para-hydroxylation sites is 2. The molecule has 140 valence electrons. The van der Waals surface area contributed by atoms with Crippen LogP contribution in [0.25, 0.3) is 0 Å². The topological polar surface area (TPSA) is 67.9 Å². The number of carbonyl (C=O) groups excluding carboxylic acids is 2. The SMILES string of the molecule is COc1ccccc1OCCN(C)C(=O)C(C)NC(=O)c1ccc(Br)s1. The minimum Gasteiger partial charge on any atom is -0.493 e. The molecule has 1 heterocycles. The maximum absolute atomic E-state index is 12.4. The third kappa shape index (κ3) is 5.47. The highest BCUT2D eigenvalue weighted by Crippen LogP contribution is 2.25. The molecule has 0 spiro atoms. The van der Waals surface area contributed by atoms with E-state index in [1.165, 1.54) is 16.2 Å². The lowest BCUT2D eigenvalue weighted by Crippen LogP contribution is -2.46. The molecule has 6 nitrogen and oxygen atoms in total. The first-order valence-electron chi connectivity index (χ1n) is 7.99. The van der Waals surface area contributed by atoms with E-state index in [2.05, 4.69) is 21.2 Å². The van der Waals surface area contributed by atoms with Crippen LogP contribution in [0, 0.1) is 0 Å². The van der Waals surface area contributed by atoms with Gasteiger partial charge in [0.15, 0.2) is 11.5 Å². The summed E-state index contributed by atoms with van der Waals surface area (Å²) in [4.78, 5) is 26.6. The highest BCUT2D eigenvalue weighted by atomic mass is 79.9. The second kappa shape index (κ2) is 9.59. The van der Waals surface area contributed by atoms with Gasteiger partial charge in [-0.1, -0.05) is 12.1 Å². The Balaban J connectivity index is 1.81. The van der Waals surface area contributed by atoms with E-state index >= 15 is 0 Å². The van der Waals surface area contributed by atoms with Gasteiger partial charge in [-0.25, -0.2) is 0 Å². The molecule has 0 aliphatic rings. The second-order valence-electron chi connectivity index (χ2n) is 5.56. The molecule has 0 saturated carbocycles. The number of hydrogen-bond donors (Lipinski definition) is 1. The molecule has 1 atom stereocenters. The molecule has 0 aliphatic heterocycles. The van der Waals surface area contributed by atoms with E-state index < -0.39 is 6.04 Å². The maximum atomic E-state index is 12.4. The van der Waals surface area contributed by atoms with Gasteiger partial charge in [0.25, 0.3) is 5.91 Å². The zero-order valence-electron chi connectivity index (χ0n) is 14.8. The number of halogens is 1. The van der Waals surface area contributed by atoms with Gasteiger partial charge in [-0.05, 0) is 47.1 Å². The van der Waals surface area contributed by atoms with E-state index in [0.29, 0.717) is 29.5 Å². The number of benzene rings is 1. The summed E-state index contributed by atoms with van der Waals surface area (Å²) in [5.74, 6) is 0.822. The van der Waals surface area contributed by atoms with E-state index in [0.717, 1.165) is 3.79 Å². The highest BCUT2D eigenvalue weighted by molar-refractivity contribution is 9.11. The van der Waals surface area contributed by atoms with Crippen molar-refractivity contribution in [1.82, 2.24) is 10.2 Å². The monoisotopic (exact) mass is 440 g/mol. The Hall–Kier alpha value is -2.06. The normalized spacial score (nSPS) is 11.5. The second-order valence-corrected chi connectivity index (χ2v) is 8.02. The van der Waals surface area contributed by atoms with Crippen molar-refractivity contribution in [2.24, 2.45) is 0 Å². The number of nitrogens with zero attached hydrogens (tertiary/aromatic N) is 1. The Labute approximate surface area is 165 Å². The zero-order chi connectivity index (χ0) is 19.1. The third-order valence-electron chi connectivity index (χ3n) is 3.64. The van der Waals surface area contributed by atoms with Crippen molar-refractivity contribution in [2.45, 2.75) is 13.0 Å². The lowest BCUT2D eigenvalue weighted by atomic mass is 10.2. The van der Waals surface area contributed by atoms with Crippen LogP contribution in [0.2, 0.25) is 0 Å². The Morgan fingerprint density at radius 1 is 1.23 bits per heavy atom. The first-order chi connectivity index (χ1) is 12.4. The number of ether oxygens (including phenoxy) is 2. The molecule has 8 heteroatoms. The van der Waals surface area contributed by atoms with Crippen molar-refractivity contribution in [3.05, 3.63) is 45.1 Å². The fraction of sp³-hybridized carbons (Fsp3) is 0.333. The van der Waals surface area contributed by atoms with Crippen LogP contribution in [0.15, 0.2) is 40.2 Å². The Bertz CT molecular complexity index is 765. The van der Waals surface area contributed by atoms with Crippen molar-refractivity contribution in [1.29, 1.82) is 0 Å². The standard InChI is InChI=1S/C18H21BrN2O4S/c1-12(20-17(22)15-8-9-16(19)26-15)18(23)21(2)10-11-25-14-7-5-4-6-13(14)24-3/h4-9,12H,10-11H2,1-3H3,(H,20,22). The number of thiophene rings is 1. The number of rotatable bonds is 8. The number of carbonyl (C=O) groups is 2. The molecule has 2 amide bonds. The first kappa shape index (κ1) is 20.3. The summed E-state index contributed by atoms with van der Waals surface area (Å²) in [6, 6.07) is 10.2. The van der Waals surface area contributed by atoms with Crippen molar-refractivity contribution in [3.8, 4) is 11.5 Å². The van der Waals surface area contributed by atoms with Crippen LogP contribution in [0.5, 0.6) is 11.5 Å². The Morgan fingerprint density at radius 2 is 1.92 bits per heavy atom. The largest absolute Gasteiger partial charge is 0.493 e. The van der Waals surface area contributed by atoms with Gasteiger partial charge in [0.1, 0.15) is 12.6 Å². The van der Waals surface area contributed by atoms with Gasteiger partial charge in [0.05, 0.1) is 22.3 Å². The number of nitrogens with one attached hydrogen (secondary N) is 1. The molecular weight excluding hydrogens is 420 g/mol. The third-order valence-corrected chi connectivity index (χ3v) is 5.27. The molecule has 1 unspecified atom stereocenters. The molecule has 0 radical (unpaired) electrons. The summed E-state index contributed by atoms with van der Waals surface area (Å²) in [5.41, 5.74) is 0. The molecule has 1 aromatic carbocycles. The molecule has 2 rings (SSSR count). The van der Waals surface area contributed by atoms with Crippen LogP contribution in [-0.4, -0.2) is 50.1 Å². The molecule has 0 fully saturated rings. The predicted molar refractivity (Wildman–Crippen MR) is 105 cm³/mol. The Morgan fingerprint density at radius 3 is 2.54 bits per heavy atom. The summed E-state index contributed by atoms with van der Waals surface area (Å²) in [6.45, 7) is 2.38. The van der Waals surface area contributed by atoms with Gasteiger partial charge < -0.3 is 19.7 Å². The summed E-state index contributed by atoms with van der Waals surface area (Å²) in [6.07, 6.45) is 0. The molecule has 1 aromatic heterocycles. The van der Waals surface area contributed by atoms with E-state index in [1.54, 1.807) is 33.2 Å². The van der Waals surface area contributed by atoms with E-state index in [1.807, 2.05) is 24.3 Å². The van der Waals surface area contributed by atoms with Gasteiger partial charge in [-0.15, -0.1) is 11.3 Å². The fourth-order valence-electron chi connectivity index (χ4n) is 2.24. The van der Waals surface area contributed by atoms with Crippen LogP contribution in [0.4, 0.5) is 0 Å². The van der Waals surface area contributed by atoms with Crippen molar-refractivity contribution in [3.63, 3.8) is 0 Å². The minimum absolute atomic E-state index is 0.183. The minimum atomic E-state index is -0.625. The Kier molecular flexibility index (Phi) is 7.47. The molecule has 0 saturated heterocycles. The highest BCUT2D eigenvalue weighted by Gasteiger charge is 2.21. The summed E-state index contributed by atoms with van der Waals surface area (Å²) >= 11 is 4.64. The number of amides is 2. The number of methoxy groups -OCH3 is 1. The van der Waals surface area contributed by atoms with Crippen LogP contribution in [-0.2, 0) is 4.79 Å². The van der Waals surface area contributed by atoms with Gasteiger partial charge >= 0.3 is 0 Å². The first-order valence-corrected chi connectivity index (χ1v) is 9.60. The number of hydrogen-bond acceptors (Lipinski definition) is 5. The van der Waals surface area contributed by atoms with Crippen molar-refractivity contribution < 1.29 is 19.1 Å². The average molecular weight is 441 g/mol. The van der Waals surface area contributed by atoms with Crippen molar-refractivity contribution >= 4 is 39.1 Å². The molecule has 0 aliphatic carbocycles. The summed E-state index contributed by atoms with van der Waals surface area (Å²) in [7, 11) is 3.26. The molecular formula is C18H21BrN2O4S. The summed E-state index contributed by atoms with van der Waals surface area (Å²) in [5, 5.41) is 2.72. The average Bonchev–Trinajstić information content (AvgIpc) is 3.07. The van der Waals surface area contributed by atoms with Crippen LogP contribution in [0.1, 0.15) is 16.6 Å². The van der Waals surface area contributed by atoms with Gasteiger partial charge in [0, 0.05) is 7.05 Å². The van der Waals surface area contributed by atoms with E-state index in [4.69, 9.17) is 9.47 Å². The van der Waals surface area contributed by atoms with Crippen LogP contribution >= 0.6 is 27.3 Å². The quantitative estimate of drug-likeness (QED) is 0.684. The lowest BCUT2D eigenvalue weighted by Gasteiger charge is -2.22.